The van der Waals surface area contributed by atoms with Gasteiger partial charge in [-0.2, -0.15) is 0 Å². The van der Waals surface area contributed by atoms with Gasteiger partial charge in [0.15, 0.2) is 0 Å². The number of amides is 2. The van der Waals surface area contributed by atoms with E-state index in [1.165, 1.54) is 13.2 Å². The van der Waals surface area contributed by atoms with Crippen LogP contribution in [0.3, 0.4) is 0 Å². The monoisotopic (exact) mass is 593 g/mol. The summed E-state index contributed by atoms with van der Waals surface area (Å²) in [5.41, 5.74) is 5.39. The Morgan fingerprint density at radius 1 is 0.953 bits per heavy atom. The number of hydrogen-bond acceptors (Lipinski definition) is 6. The first-order valence-corrected chi connectivity index (χ1v) is 15.0. The fourth-order valence-corrected chi connectivity index (χ4v) is 6.23. The number of benzene rings is 3. The zero-order valence-corrected chi connectivity index (χ0v) is 24.9. The van der Waals surface area contributed by atoms with Crippen molar-refractivity contribution in [2.75, 3.05) is 25.6 Å². The van der Waals surface area contributed by atoms with Crippen molar-refractivity contribution in [3.8, 4) is 27.3 Å². The topological polar surface area (TPSA) is 110 Å². The van der Waals surface area contributed by atoms with Crippen LogP contribution in [0.4, 0.5) is 5.69 Å². The molecule has 3 N–H and O–H groups in total. The number of fused-ring (bicyclic) bond motifs is 4. The van der Waals surface area contributed by atoms with Crippen molar-refractivity contribution in [3.05, 3.63) is 94.5 Å². The Bertz CT molecular complexity index is 1870. The quantitative estimate of drug-likeness (QED) is 0.178. The molecule has 0 aliphatic carbocycles. The number of carbonyl (C=O) groups is 3. The maximum Gasteiger partial charge on any atom is 0.338 e. The number of nitrogens with one attached hydrogen (secondary N) is 3. The van der Waals surface area contributed by atoms with Crippen molar-refractivity contribution in [1.29, 1.82) is 0 Å². The number of hydrogen-bond donors (Lipinski definition) is 3. The van der Waals surface area contributed by atoms with Crippen LogP contribution < -0.4 is 15.4 Å². The van der Waals surface area contributed by atoms with E-state index in [4.69, 9.17) is 9.47 Å². The lowest BCUT2D eigenvalue weighted by Crippen LogP contribution is -2.27. The van der Waals surface area contributed by atoms with E-state index in [9.17, 15) is 14.4 Å². The van der Waals surface area contributed by atoms with Gasteiger partial charge in [-0.25, -0.2) is 4.79 Å². The number of methoxy groups -OCH3 is 1. The SMILES string of the molecule is COC(=O)c1cc(C(=O)NCC(C)C)ccc1-c1cc2c(cc1C(=O)Nc1ccc3[nH]ccc3c1)-c1sccc1CCO2. The highest BCUT2D eigenvalue weighted by Gasteiger charge is 2.26. The first-order valence-electron chi connectivity index (χ1n) is 14.1. The van der Waals surface area contributed by atoms with Crippen LogP contribution >= 0.6 is 11.3 Å². The molecule has 0 atom stereocenters. The highest BCUT2D eigenvalue weighted by atomic mass is 32.1. The van der Waals surface area contributed by atoms with Crippen LogP contribution in [-0.2, 0) is 11.2 Å². The third-order valence-electron chi connectivity index (χ3n) is 7.44. The molecule has 8 nitrogen and oxygen atoms in total. The highest BCUT2D eigenvalue weighted by molar-refractivity contribution is 7.13. The number of anilines is 1. The molecule has 43 heavy (non-hydrogen) atoms. The van der Waals surface area contributed by atoms with Crippen LogP contribution in [0.5, 0.6) is 5.75 Å². The predicted octanol–water partition coefficient (Wildman–Crippen LogP) is 6.92. The van der Waals surface area contributed by atoms with Gasteiger partial charge in [0.1, 0.15) is 5.75 Å². The third-order valence-corrected chi connectivity index (χ3v) is 8.43. The summed E-state index contributed by atoms with van der Waals surface area (Å²) in [7, 11) is 1.29. The molecule has 1 aliphatic heterocycles. The first-order chi connectivity index (χ1) is 20.8. The number of aromatic nitrogens is 1. The largest absolute Gasteiger partial charge is 0.493 e. The molecule has 0 bridgehead atoms. The Morgan fingerprint density at radius 3 is 2.63 bits per heavy atom. The number of rotatable bonds is 7. The molecule has 9 heteroatoms. The molecule has 3 heterocycles. The van der Waals surface area contributed by atoms with Crippen LogP contribution in [0.2, 0.25) is 0 Å². The molecule has 0 unspecified atom stereocenters. The Hall–Kier alpha value is -4.89. The molecule has 0 fully saturated rings. The van der Waals surface area contributed by atoms with E-state index in [2.05, 4.69) is 21.7 Å². The summed E-state index contributed by atoms with van der Waals surface area (Å²) in [6.07, 6.45) is 2.59. The second-order valence-electron chi connectivity index (χ2n) is 10.9. The lowest BCUT2D eigenvalue weighted by molar-refractivity contribution is 0.0601. The summed E-state index contributed by atoms with van der Waals surface area (Å²) >= 11 is 1.60. The Labute approximate surface area is 253 Å². The zero-order chi connectivity index (χ0) is 30.1. The summed E-state index contributed by atoms with van der Waals surface area (Å²) in [4.78, 5) is 44.2. The minimum atomic E-state index is -0.616. The van der Waals surface area contributed by atoms with Gasteiger partial charge >= 0.3 is 5.97 Å². The average Bonchev–Trinajstić information content (AvgIpc) is 3.65. The minimum Gasteiger partial charge on any atom is -0.493 e. The second kappa shape index (κ2) is 11.8. The second-order valence-corrected chi connectivity index (χ2v) is 11.8. The van der Waals surface area contributed by atoms with Crippen LogP contribution in [0, 0.1) is 5.92 Å². The predicted molar refractivity (Wildman–Crippen MR) is 169 cm³/mol. The van der Waals surface area contributed by atoms with Gasteiger partial charge in [0.25, 0.3) is 11.8 Å². The lowest BCUT2D eigenvalue weighted by atomic mass is 9.91. The number of ether oxygens (including phenoxy) is 2. The fraction of sp³-hybridized carbons (Fsp3) is 0.206. The number of thiophene rings is 1. The summed E-state index contributed by atoms with van der Waals surface area (Å²) in [5, 5.41) is 8.94. The van der Waals surface area contributed by atoms with Crippen LogP contribution in [0.1, 0.15) is 50.5 Å². The summed E-state index contributed by atoms with van der Waals surface area (Å²) in [6.45, 7) is 4.99. The zero-order valence-electron chi connectivity index (χ0n) is 24.1. The normalized spacial score (nSPS) is 12.2. The van der Waals surface area contributed by atoms with E-state index < -0.39 is 5.97 Å². The molecule has 3 aromatic carbocycles. The number of carbonyl (C=O) groups excluding carboxylic acids is 3. The van der Waals surface area contributed by atoms with Gasteiger partial charge in [0.05, 0.1) is 19.3 Å². The fourth-order valence-electron chi connectivity index (χ4n) is 5.25. The van der Waals surface area contributed by atoms with Crippen molar-refractivity contribution in [3.63, 3.8) is 0 Å². The third kappa shape index (κ3) is 5.63. The van der Waals surface area contributed by atoms with Crippen LogP contribution in [-0.4, -0.2) is 43.0 Å². The maximum absolute atomic E-state index is 14.0. The van der Waals surface area contributed by atoms with Crippen LogP contribution in [0.25, 0.3) is 32.5 Å². The molecule has 218 valence electrons. The molecular weight excluding hydrogens is 562 g/mol. The first kappa shape index (κ1) is 28.2. The number of esters is 1. The summed E-state index contributed by atoms with van der Waals surface area (Å²) < 4.78 is 11.3. The molecule has 0 saturated heterocycles. The standard InChI is InChI=1S/C34H31N3O5S/c1-19(2)18-36-32(38)22-4-6-24(27(15-22)34(40)41-3)25-17-30-28(31-20(9-12-42-30)10-13-43-31)16-26(25)33(39)37-23-5-7-29-21(14-23)8-11-35-29/h4-8,10-11,13-17,19,35H,9,12,18H2,1-3H3,(H,36,38)(H,37,39). The van der Waals surface area contributed by atoms with E-state index in [1.54, 1.807) is 23.5 Å². The minimum absolute atomic E-state index is 0.174. The van der Waals surface area contributed by atoms with E-state index in [1.807, 2.05) is 61.8 Å². The van der Waals surface area contributed by atoms with E-state index >= 15 is 0 Å². The van der Waals surface area contributed by atoms with E-state index in [0.717, 1.165) is 33.3 Å². The van der Waals surface area contributed by atoms with E-state index in [0.29, 0.717) is 46.8 Å². The average molecular weight is 594 g/mol. The summed E-state index contributed by atoms with van der Waals surface area (Å²) in [5.74, 6) is -0.361. The number of aromatic amines is 1. The van der Waals surface area contributed by atoms with Crippen molar-refractivity contribution in [2.45, 2.75) is 20.3 Å². The van der Waals surface area contributed by atoms with Crippen molar-refractivity contribution in [2.24, 2.45) is 5.92 Å². The molecule has 0 spiro atoms. The van der Waals surface area contributed by atoms with Crippen LogP contribution in [0.15, 0.2) is 72.2 Å². The van der Waals surface area contributed by atoms with Gasteiger partial charge in [-0.15, -0.1) is 11.3 Å². The van der Waals surface area contributed by atoms with Gasteiger partial charge in [0, 0.05) is 57.3 Å². The van der Waals surface area contributed by atoms with Gasteiger partial charge in [0.2, 0.25) is 0 Å². The molecule has 5 aromatic rings. The maximum atomic E-state index is 14.0. The smallest absolute Gasteiger partial charge is 0.338 e. The van der Waals surface area contributed by atoms with Crippen molar-refractivity contribution < 1.29 is 23.9 Å². The Balaban J connectivity index is 1.49. The lowest BCUT2D eigenvalue weighted by Gasteiger charge is -2.18. The molecule has 0 radical (unpaired) electrons. The molecule has 1 aliphatic rings. The summed E-state index contributed by atoms with van der Waals surface area (Å²) in [6, 6.07) is 18.2. The Kier molecular flexibility index (Phi) is 7.73. The Morgan fingerprint density at radius 2 is 1.81 bits per heavy atom. The highest BCUT2D eigenvalue weighted by Crippen LogP contribution is 2.43. The van der Waals surface area contributed by atoms with Crippen molar-refractivity contribution >= 4 is 45.7 Å². The van der Waals surface area contributed by atoms with Gasteiger partial charge in [-0.1, -0.05) is 19.9 Å². The van der Waals surface area contributed by atoms with E-state index in [-0.39, 0.29) is 23.3 Å². The van der Waals surface area contributed by atoms with Gasteiger partial charge in [-0.05, 0) is 82.6 Å². The van der Waals surface area contributed by atoms with Gasteiger partial charge in [-0.3, -0.25) is 9.59 Å². The number of H-pyrrole nitrogens is 1. The van der Waals surface area contributed by atoms with Crippen molar-refractivity contribution in [1.82, 2.24) is 10.3 Å². The molecule has 6 rings (SSSR count). The molecule has 2 amide bonds. The molecular formula is C34H31N3O5S. The van der Waals surface area contributed by atoms with Gasteiger partial charge < -0.3 is 25.1 Å². The molecule has 0 saturated carbocycles. The molecule has 2 aromatic heterocycles.